The smallest absolute Gasteiger partial charge is 0.0547 e. The Hall–Kier alpha value is -1.31. The fraction of sp³-hybridized carbons (Fsp3) is 0.462. The highest BCUT2D eigenvalue weighted by Crippen LogP contribution is 2.03. The molecule has 0 unspecified atom stereocenters. The van der Waals surface area contributed by atoms with E-state index in [-0.39, 0.29) is 0 Å². The van der Waals surface area contributed by atoms with Crippen LogP contribution >= 0.6 is 0 Å². The maximum absolute atomic E-state index is 3.65. The highest BCUT2D eigenvalue weighted by Gasteiger charge is 1.90. The average molecular weight is 206 g/mol. The molecule has 0 bridgehead atoms. The van der Waals surface area contributed by atoms with Gasteiger partial charge in [-0.1, -0.05) is 37.6 Å². The molecule has 0 saturated heterocycles. The quantitative estimate of drug-likeness (QED) is 0.400. The molecule has 0 aliphatic heterocycles. The van der Waals surface area contributed by atoms with Gasteiger partial charge in [0.25, 0.3) is 0 Å². The van der Waals surface area contributed by atoms with E-state index in [2.05, 4.69) is 43.2 Å². The highest BCUT2D eigenvalue weighted by molar-refractivity contribution is 5.28. The summed E-state index contributed by atoms with van der Waals surface area (Å²) in [6.45, 7) is 11.9. The summed E-state index contributed by atoms with van der Waals surface area (Å²) in [4.78, 5) is 0. The summed E-state index contributed by atoms with van der Waals surface area (Å²) in [5, 5.41) is 3.65. The van der Waals surface area contributed by atoms with Crippen LogP contribution in [-0.2, 0) is 0 Å². The van der Waals surface area contributed by atoms with Gasteiger partial charge in [0, 0.05) is 6.72 Å². The Labute approximate surface area is 93.5 Å². The maximum Gasteiger partial charge on any atom is 0.0547 e. The number of hydrogen-bond donors (Lipinski definition) is 1. The van der Waals surface area contributed by atoms with Crippen LogP contribution in [0.5, 0.6) is 0 Å². The maximum atomic E-state index is 3.65. The standard InChI is InChI=1S/C13H22N2/c1-11(2)9-7-6-8-10-13(12(3)4)15-14-5/h6-8,10-11,15H,5,9H2,1-4H3/b7-6-,10-8-. The van der Waals surface area contributed by atoms with Crippen LogP contribution in [0, 0.1) is 5.92 Å². The van der Waals surface area contributed by atoms with Gasteiger partial charge in [0.1, 0.15) is 0 Å². The summed E-state index contributed by atoms with van der Waals surface area (Å²) in [6, 6.07) is 0. The first-order valence-corrected chi connectivity index (χ1v) is 5.30. The molecule has 2 nitrogen and oxygen atoms in total. The Bertz CT molecular complexity index is 266. The zero-order valence-corrected chi connectivity index (χ0v) is 10.2. The van der Waals surface area contributed by atoms with Gasteiger partial charge >= 0.3 is 0 Å². The second kappa shape index (κ2) is 8.04. The zero-order valence-electron chi connectivity index (χ0n) is 10.2. The van der Waals surface area contributed by atoms with Crippen molar-refractivity contribution in [1.29, 1.82) is 0 Å². The third-order valence-electron chi connectivity index (χ3n) is 1.86. The predicted molar refractivity (Wildman–Crippen MR) is 68.8 cm³/mol. The van der Waals surface area contributed by atoms with Gasteiger partial charge in [0.2, 0.25) is 0 Å². The van der Waals surface area contributed by atoms with Crippen molar-refractivity contribution in [1.82, 2.24) is 5.43 Å². The highest BCUT2D eigenvalue weighted by atomic mass is 15.3. The molecule has 0 aliphatic rings. The van der Waals surface area contributed by atoms with Gasteiger partial charge in [-0.25, -0.2) is 0 Å². The molecule has 0 rings (SSSR count). The minimum atomic E-state index is 0.713. The molecule has 0 aromatic carbocycles. The molecule has 0 aromatic rings. The fourth-order valence-electron chi connectivity index (χ4n) is 0.982. The third-order valence-corrected chi connectivity index (χ3v) is 1.86. The van der Waals surface area contributed by atoms with E-state index in [4.69, 9.17) is 0 Å². The largest absolute Gasteiger partial charge is 0.279 e. The molecule has 2 heteroatoms. The van der Waals surface area contributed by atoms with Gasteiger partial charge in [-0.15, -0.1) is 0 Å². The number of rotatable bonds is 6. The molecule has 0 heterocycles. The van der Waals surface area contributed by atoms with Crippen molar-refractivity contribution in [2.75, 3.05) is 0 Å². The van der Waals surface area contributed by atoms with E-state index >= 15 is 0 Å². The number of nitrogens with zero attached hydrogens (tertiary/aromatic N) is 1. The molecule has 0 radical (unpaired) electrons. The Morgan fingerprint density at radius 1 is 1.33 bits per heavy atom. The normalized spacial score (nSPS) is 11.3. The van der Waals surface area contributed by atoms with E-state index in [9.17, 15) is 0 Å². The lowest BCUT2D eigenvalue weighted by Crippen LogP contribution is -2.03. The molecule has 0 aliphatic carbocycles. The third kappa shape index (κ3) is 7.74. The molecule has 0 spiro atoms. The van der Waals surface area contributed by atoms with Crippen LogP contribution < -0.4 is 5.43 Å². The van der Waals surface area contributed by atoms with Crippen LogP contribution in [0.3, 0.4) is 0 Å². The molecule has 0 amide bonds. The predicted octanol–water partition coefficient (Wildman–Crippen LogP) is 3.64. The number of allylic oxidation sites excluding steroid dienone is 5. The van der Waals surface area contributed by atoms with Gasteiger partial charge < -0.3 is 0 Å². The van der Waals surface area contributed by atoms with Crippen LogP contribution in [0.25, 0.3) is 0 Å². The second-order valence-corrected chi connectivity index (χ2v) is 4.10. The van der Waals surface area contributed by atoms with E-state index in [0.29, 0.717) is 5.92 Å². The first-order valence-electron chi connectivity index (χ1n) is 5.30. The minimum Gasteiger partial charge on any atom is -0.279 e. The van der Waals surface area contributed by atoms with Gasteiger partial charge in [0.05, 0.1) is 5.70 Å². The van der Waals surface area contributed by atoms with Crippen molar-refractivity contribution in [2.45, 2.75) is 34.1 Å². The molecule has 84 valence electrons. The number of hydrogen-bond acceptors (Lipinski definition) is 2. The summed E-state index contributed by atoms with van der Waals surface area (Å²) < 4.78 is 0. The second-order valence-electron chi connectivity index (χ2n) is 4.10. The van der Waals surface area contributed by atoms with Crippen LogP contribution in [0.15, 0.2) is 40.7 Å². The Kier molecular flexibility index (Phi) is 7.33. The molecule has 0 fully saturated rings. The lowest BCUT2D eigenvalue weighted by atomic mass is 10.1. The van der Waals surface area contributed by atoms with E-state index < -0.39 is 0 Å². The fourth-order valence-corrected chi connectivity index (χ4v) is 0.982. The summed E-state index contributed by atoms with van der Waals surface area (Å²) in [5.74, 6) is 0.713. The van der Waals surface area contributed by atoms with Crippen molar-refractivity contribution in [3.8, 4) is 0 Å². The van der Waals surface area contributed by atoms with Crippen LogP contribution in [-0.4, -0.2) is 6.72 Å². The summed E-state index contributed by atoms with van der Waals surface area (Å²) in [6.07, 6.45) is 9.37. The molecular formula is C13H22N2. The van der Waals surface area contributed by atoms with Crippen molar-refractivity contribution >= 4 is 6.72 Å². The molecule has 1 N–H and O–H groups in total. The van der Waals surface area contributed by atoms with E-state index in [1.807, 2.05) is 26.0 Å². The molecular weight excluding hydrogens is 184 g/mol. The van der Waals surface area contributed by atoms with Crippen molar-refractivity contribution in [3.63, 3.8) is 0 Å². The van der Waals surface area contributed by atoms with E-state index in [1.54, 1.807) is 0 Å². The lowest BCUT2D eigenvalue weighted by Gasteiger charge is -2.01. The van der Waals surface area contributed by atoms with Crippen LogP contribution in [0.4, 0.5) is 0 Å². The topological polar surface area (TPSA) is 24.4 Å². The molecule has 15 heavy (non-hydrogen) atoms. The number of nitrogens with one attached hydrogen (secondary N) is 1. The Morgan fingerprint density at radius 2 is 2.00 bits per heavy atom. The van der Waals surface area contributed by atoms with Crippen molar-refractivity contribution in [2.24, 2.45) is 11.0 Å². The SMILES string of the molecule is C=NNC(/C=C\C=C/CC(C)C)=C(C)C. The van der Waals surface area contributed by atoms with Gasteiger partial charge in [-0.3, -0.25) is 5.43 Å². The average Bonchev–Trinajstić information content (AvgIpc) is 2.15. The number of hydrazone groups is 1. The van der Waals surface area contributed by atoms with Gasteiger partial charge in [-0.05, 0) is 32.3 Å². The Balaban J connectivity index is 4.19. The first-order chi connectivity index (χ1) is 7.07. The van der Waals surface area contributed by atoms with Gasteiger partial charge in [-0.2, -0.15) is 5.10 Å². The van der Waals surface area contributed by atoms with Crippen molar-refractivity contribution in [3.05, 3.63) is 35.6 Å². The monoisotopic (exact) mass is 206 g/mol. The Morgan fingerprint density at radius 3 is 2.47 bits per heavy atom. The molecule has 0 saturated carbocycles. The zero-order chi connectivity index (χ0) is 11.7. The minimum absolute atomic E-state index is 0.713. The first kappa shape index (κ1) is 13.7. The summed E-state index contributed by atoms with van der Waals surface area (Å²) >= 11 is 0. The lowest BCUT2D eigenvalue weighted by molar-refractivity contribution is 0.664. The van der Waals surface area contributed by atoms with Crippen molar-refractivity contribution < 1.29 is 0 Å². The van der Waals surface area contributed by atoms with Crippen LogP contribution in [0.1, 0.15) is 34.1 Å². The van der Waals surface area contributed by atoms with E-state index in [1.165, 1.54) is 5.57 Å². The summed E-state index contributed by atoms with van der Waals surface area (Å²) in [5.41, 5.74) is 5.04. The molecule has 0 aromatic heterocycles. The molecule has 0 atom stereocenters. The van der Waals surface area contributed by atoms with E-state index in [0.717, 1.165) is 12.1 Å². The van der Waals surface area contributed by atoms with Gasteiger partial charge in [0.15, 0.2) is 0 Å². The van der Waals surface area contributed by atoms with Crippen LogP contribution in [0.2, 0.25) is 0 Å². The summed E-state index contributed by atoms with van der Waals surface area (Å²) in [7, 11) is 0.